The Labute approximate surface area is 95.3 Å². The zero-order chi connectivity index (χ0) is 11.1. The third kappa shape index (κ3) is 1.35. The van der Waals surface area contributed by atoms with Gasteiger partial charge in [-0.2, -0.15) is 0 Å². The van der Waals surface area contributed by atoms with Gasteiger partial charge in [0.25, 0.3) is 0 Å². The Morgan fingerprint density at radius 3 is 2.88 bits per heavy atom. The molecule has 0 saturated heterocycles. The molecule has 0 aliphatic heterocycles. The van der Waals surface area contributed by atoms with Crippen molar-refractivity contribution in [3.63, 3.8) is 0 Å². The molecule has 1 aliphatic carbocycles. The lowest BCUT2D eigenvalue weighted by Crippen LogP contribution is -2.17. The molecular formula is C13H17N3. The van der Waals surface area contributed by atoms with E-state index in [1.54, 1.807) is 0 Å². The van der Waals surface area contributed by atoms with Gasteiger partial charge in [0.2, 0.25) is 0 Å². The summed E-state index contributed by atoms with van der Waals surface area (Å²) in [4.78, 5) is 4.57. The van der Waals surface area contributed by atoms with E-state index in [4.69, 9.17) is 5.73 Å². The largest absolute Gasteiger partial charge is 0.323 e. The van der Waals surface area contributed by atoms with Crippen LogP contribution in [0, 0.1) is 0 Å². The summed E-state index contributed by atoms with van der Waals surface area (Å²) < 4.78 is 2.24. The van der Waals surface area contributed by atoms with Crippen LogP contribution in [0.3, 0.4) is 0 Å². The maximum absolute atomic E-state index is 6.02. The molecule has 1 atom stereocenters. The van der Waals surface area contributed by atoms with Crippen LogP contribution in [0.5, 0.6) is 0 Å². The molecule has 2 heterocycles. The average Bonchev–Trinajstić information content (AvgIpc) is 2.59. The Balaban J connectivity index is 2.21. The first-order valence-corrected chi connectivity index (χ1v) is 5.99. The second-order valence-corrected chi connectivity index (χ2v) is 4.74. The van der Waals surface area contributed by atoms with E-state index in [-0.39, 0.29) is 6.04 Å². The number of hydrogen-bond acceptors (Lipinski definition) is 2. The summed E-state index contributed by atoms with van der Waals surface area (Å²) in [6.07, 6.45) is 5.83. The van der Waals surface area contributed by atoms with E-state index in [9.17, 15) is 0 Å². The summed E-state index contributed by atoms with van der Waals surface area (Å²) in [6, 6.07) is 6.31. The molecule has 3 rings (SSSR count). The van der Waals surface area contributed by atoms with Crippen LogP contribution in [0.15, 0.2) is 24.4 Å². The predicted octanol–water partition coefficient (Wildman–Crippen LogP) is 2.62. The minimum absolute atomic E-state index is 0.0525. The molecule has 2 N–H and O–H groups in total. The fraction of sp³-hybridized carbons (Fsp3) is 0.462. The van der Waals surface area contributed by atoms with Crippen molar-refractivity contribution in [2.45, 2.75) is 38.1 Å². The van der Waals surface area contributed by atoms with Gasteiger partial charge in [-0.05, 0) is 31.9 Å². The van der Waals surface area contributed by atoms with Gasteiger partial charge in [0.1, 0.15) is 5.82 Å². The van der Waals surface area contributed by atoms with Crippen LogP contribution >= 0.6 is 0 Å². The Morgan fingerprint density at radius 1 is 1.44 bits per heavy atom. The summed E-state index contributed by atoms with van der Waals surface area (Å²) in [6.45, 7) is 2.03. The van der Waals surface area contributed by atoms with E-state index < -0.39 is 0 Å². The second-order valence-electron chi connectivity index (χ2n) is 4.74. The molecule has 1 unspecified atom stereocenters. The standard InChI is InChI=1S/C13H17N3/c1-9(14)12-7-3-6-11-8-15-13(16(11)12)10-4-2-5-10/h3,6-10H,2,4-5,14H2,1H3. The van der Waals surface area contributed by atoms with E-state index in [1.807, 2.05) is 13.1 Å². The van der Waals surface area contributed by atoms with E-state index in [1.165, 1.54) is 25.1 Å². The molecule has 2 aromatic heterocycles. The zero-order valence-corrected chi connectivity index (χ0v) is 9.56. The highest BCUT2D eigenvalue weighted by molar-refractivity contribution is 5.48. The maximum Gasteiger partial charge on any atom is 0.116 e. The van der Waals surface area contributed by atoms with Crippen LogP contribution in [-0.2, 0) is 0 Å². The first kappa shape index (κ1) is 9.85. The molecule has 0 spiro atoms. The summed E-state index contributed by atoms with van der Waals surface area (Å²) in [7, 11) is 0. The third-order valence-corrected chi connectivity index (χ3v) is 3.55. The number of nitrogens with zero attached hydrogens (tertiary/aromatic N) is 2. The fourth-order valence-corrected chi connectivity index (χ4v) is 2.41. The minimum atomic E-state index is 0.0525. The van der Waals surface area contributed by atoms with Gasteiger partial charge in [-0.15, -0.1) is 0 Å². The smallest absolute Gasteiger partial charge is 0.116 e. The highest BCUT2D eigenvalue weighted by atomic mass is 15.0. The third-order valence-electron chi connectivity index (χ3n) is 3.55. The van der Waals surface area contributed by atoms with Crippen LogP contribution in [0.4, 0.5) is 0 Å². The number of nitrogens with two attached hydrogens (primary N) is 1. The van der Waals surface area contributed by atoms with Gasteiger partial charge in [0.05, 0.1) is 11.7 Å². The molecule has 1 saturated carbocycles. The monoisotopic (exact) mass is 215 g/mol. The van der Waals surface area contributed by atoms with E-state index in [2.05, 4.69) is 27.6 Å². The fourth-order valence-electron chi connectivity index (χ4n) is 2.41. The number of imidazole rings is 1. The maximum atomic E-state index is 6.02. The van der Waals surface area contributed by atoms with Crippen molar-refractivity contribution in [2.75, 3.05) is 0 Å². The van der Waals surface area contributed by atoms with E-state index in [0.29, 0.717) is 5.92 Å². The average molecular weight is 215 g/mol. The first-order valence-electron chi connectivity index (χ1n) is 5.99. The van der Waals surface area contributed by atoms with Crippen LogP contribution in [-0.4, -0.2) is 9.38 Å². The second kappa shape index (κ2) is 3.59. The molecule has 2 aromatic rings. The van der Waals surface area contributed by atoms with Gasteiger partial charge in [-0.3, -0.25) is 4.40 Å². The molecule has 0 aromatic carbocycles. The highest BCUT2D eigenvalue weighted by Crippen LogP contribution is 2.36. The van der Waals surface area contributed by atoms with Crippen molar-refractivity contribution in [1.82, 2.24) is 9.38 Å². The Hall–Kier alpha value is -1.35. The molecule has 1 aliphatic rings. The van der Waals surface area contributed by atoms with Crippen molar-refractivity contribution < 1.29 is 0 Å². The summed E-state index contributed by atoms with van der Waals surface area (Å²) >= 11 is 0. The lowest BCUT2D eigenvalue weighted by Gasteiger charge is -2.25. The normalized spacial score (nSPS) is 18.6. The van der Waals surface area contributed by atoms with Crippen LogP contribution in [0.1, 0.15) is 49.7 Å². The summed E-state index contributed by atoms with van der Waals surface area (Å²) in [5.41, 5.74) is 8.35. The quantitative estimate of drug-likeness (QED) is 0.836. The number of rotatable bonds is 2. The Morgan fingerprint density at radius 2 is 2.25 bits per heavy atom. The molecule has 3 heteroatoms. The zero-order valence-electron chi connectivity index (χ0n) is 9.56. The topological polar surface area (TPSA) is 43.3 Å². The van der Waals surface area contributed by atoms with Crippen molar-refractivity contribution in [2.24, 2.45) is 5.73 Å². The Kier molecular flexibility index (Phi) is 2.21. The van der Waals surface area contributed by atoms with E-state index >= 15 is 0 Å². The molecule has 0 radical (unpaired) electrons. The molecule has 0 bridgehead atoms. The van der Waals surface area contributed by atoms with Crippen LogP contribution < -0.4 is 5.73 Å². The van der Waals surface area contributed by atoms with Gasteiger partial charge < -0.3 is 5.73 Å². The van der Waals surface area contributed by atoms with Crippen molar-refractivity contribution in [1.29, 1.82) is 0 Å². The Bertz CT molecular complexity index is 509. The van der Waals surface area contributed by atoms with Gasteiger partial charge in [0, 0.05) is 17.7 Å². The molecule has 0 amide bonds. The van der Waals surface area contributed by atoms with E-state index in [0.717, 1.165) is 11.2 Å². The van der Waals surface area contributed by atoms with Crippen LogP contribution in [0.25, 0.3) is 5.52 Å². The predicted molar refractivity (Wildman–Crippen MR) is 64.4 cm³/mol. The minimum Gasteiger partial charge on any atom is -0.323 e. The summed E-state index contributed by atoms with van der Waals surface area (Å²) in [5.74, 6) is 1.84. The van der Waals surface area contributed by atoms with Crippen LogP contribution in [0.2, 0.25) is 0 Å². The molecule has 1 fully saturated rings. The molecule has 84 valence electrons. The lowest BCUT2D eigenvalue weighted by atomic mass is 9.85. The van der Waals surface area contributed by atoms with Gasteiger partial charge in [-0.25, -0.2) is 4.98 Å². The SMILES string of the molecule is CC(N)c1cccc2cnc(C3CCC3)n12. The molecule has 16 heavy (non-hydrogen) atoms. The van der Waals surface area contributed by atoms with Gasteiger partial charge in [-0.1, -0.05) is 12.5 Å². The highest BCUT2D eigenvalue weighted by Gasteiger charge is 2.24. The number of pyridine rings is 1. The van der Waals surface area contributed by atoms with Crippen molar-refractivity contribution >= 4 is 5.52 Å². The number of aromatic nitrogens is 2. The van der Waals surface area contributed by atoms with Crippen molar-refractivity contribution in [3.05, 3.63) is 35.9 Å². The number of fused-ring (bicyclic) bond motifs is 1. The molecule has 3 nitrogen and oxygen atoms in total. The van der Waals surface area contributed by atoms with Crippen molar-refractivity contribution in [3.8, 4) is 0 Å². The van der Waals surface area contributed by atoms with Gasteiger partial charge >= 0.3 is 0 Å². The number of hydrogen-bond donors (Lipinski definition) is 1. The first-order chi connectivity index (χ1) is 7.77. The summed E-state index contributed by atoms with van der Waals surface area (Å²) in [5, 5.41) is 0. The molecular weight excluding hydrogens is 198 g/mol. The van der Waals surface area contributed by atoms with Gasteiger partial charge in [0.15, 0.2) is 0 Å². The lowest BCUT2D eigenvalue weighted by molar-refractivity contribution is 0.398.